The number of halogens is 1. The van der Waals surface area contributed by atoms with E-state index in [9.17, 15) is 4.79 Å². The molecule has 23 heavy (non-hydrogen) atoms. The third-order valence-corrected chi connectivity index (χ3v) is 3.98. The molecular weight excluding hydrogens is 358 g/mol. The minimum Gasteiger partial charge on any atom is -0.352 e. The van der Waals surface area contributed by atoms with Crippen molar-refractivity contribution in [3.05, 3.63) is 50.9 Å². The molecule has 0 radical (unpaired) electrons. The predicted octanol–water partition coefficient (Wildman–Crippen LogP) is 3.25. The van der Waals surface area contributed by atoms with Crippen molar-refractivity contribution >= 4 is 32.9 Å². The summed E-state index contributed by atoms with van der Waals surface area (Å²) in [6.07, 6.45) is 1.56. The summed E-state index contributed by atoms with van der Waals surface area (Å²) in [5.41, 5.74) is 1.24. The lowest BCUT2D eigenvalue weighted by Gasteiger charge is -2.19. The third-order valence-electron chi connectivity index (χ3n) is 3.45. The first-order chi connectivity index (χ1) is 10.8. The zero-order valence-corrected chi connectivity index (χ0v) is 14.8. The lowest BCUT2D eigenvalue weighted by molar-refractivity contribution is 0.366. The molecule has 7 heteroatoms. The molecule has 2 heterocycles. The first-order valence-corrected chi connectivity index (χ1v) is 8.11. The van der Waals surface area contributed by atoms with Gasteiger partial charge in [-0.05, 0) is 38.5 Å². The van der Waals surface area contributed by atoms with Crippen LogP contribution in [0.15, 0.2) is 39.7 Å². The van der Waals surface area contributed by atoms with Crippen LogP contribution in [0.3, 0.4) is 0 Å². The van der Waals surface area contributed by atoms with Crippen molar-refractivity contribution in [2.24, 2.45) is 0 Å². The maximum Gasteiger partial charge on any atom is 0.263 e. The van der Waals surface area contributed by atoms with Gasteiger partial charge < -0.3 is 5.32 Å². The molecule has 1 aromatic carbocycles. The Morgan fingerprint density at radius 1 is 1.26 bits per heavy atom. The van der Waals surface area contributed by atoms with Crippen LogP contribution in [0.5, 0.6) is 0 Å². The molecule has 0 aliphatic carbocycles. The van der Waals surface area contributed by atoms with Gasteiger partial charge in [-0.2, -0.15) is 10.1 Å². The lowest BCUT2D eigenvalue weighted by Crippen LogP contribution is -2.24. The molecule has 3 rings (SSSR count). The summed E-state index contributed by atoms with van der Waals surface area (Å²) in [7, 11) is 0. The number of nitrogens with one attached hydrogen (secondary N) is 2. The molecule has 0 aliphatic rings. The van der Waals surface area contributed by atoms with Gasteiger partial charge in [-0.3, -0.25) is 9.78 Å². The molecule has 0 unspecified atom stereocenters. The number of aromatic nitrogens is 4. The van der Waals surface area contributed by atoms with Gasteiger partial charge in [-0.1, -0.05) is 28.1 Å². The van der Waals surface area contributed by atoms with Crippen molar-refractivity contribution in [1.82, 2.24) is 19.7 Å². The van der Waals surface area contributed by atoms with E-state index in [-0.39, 0.29) is 11.1 Å². The van der Waals surface area contributed by atoms with E-state index in [1.165, 1.54) is 0 Å². The summed E-state index contributed by atoms with van der Waals surface area (Å²) in [4.78, 5) is 19.5. The summed E-state index contributed by atoms with van der Waals surface area (Å²) in [6, 6.07) is 7.97. The molecule has 0 aliphatic heterocycles. The van der Waals surface area contributed by atoms with Crippen LogP contribution in [0.25, 0.3) is 11.0 Å². The van der Waals surface area contributed by atoms with Gasteiger partial charge >= 0.3 is 0 Å². The van der Waals surface area contributed by atoms with E-state index in [0.29, 0.717) is 23.5 Å². The number of rotatable bonds is 3. The second-order valence-corrected chi connectivity index (χ2v) is 7.27. The number of nitrogens with zero attached hydrogens (tertiary/aromatic N) is 3. The third kappa shape index (κ3) is 3.29. The molecule has 2 aromatic heterocycles. The number of aromatic amines is 1. The molecule has 6 nitrogen and oxygen atoms in total. The van der Waals surface area contributed by atoms with Gasteiger partial charge in [-0.15, -0.1) is 0 Å². The maximum atomic E-state index is 12.2. The number of hydrogen-bond donors (Lipinski definition) is 2. The topological polar surface area (TPSA) is 75.6 Å². The summed E-state index contributed by atoms with van der Waals surface area (Å²) >= 11 is 3.41. The predicted molar refractivity (Wildman–Crippen MR) is 94.6 cm³/mol. The minimum atomic E-state index is -0.245. The molecule has 0 saturated heterocycles. The van der Waals surface area contributed by atoms with Crippen LogP contribution < -0.4 is 10.9 Å². The van der Waals surface area contributed by atoms with Crippen LogP contribution in [-0.4, -0.2) is 19.7 Å². The number of fused-ring (bicyclic) bond motifs is 1. The number of benzene rings is 1. The Morgan fingerprint density at radius 2 is 1.96 bits per heavy atom. The van der Waals surface area contributed by atoms with Crippen LogP contribution >= 0.6 is 15.9 Å². The standard InChI is InChI=1S/C16H18BrN5O/c1-16(2,3)22-13-12(9-19-22)14(23)21-15(20-13)18-8-10-4-6-11(17)7-5-10/h4-7,9H,8H2,1-3H3,(H2,18,20,21,23). The van der Waals surface area contributed by atoms with Crippen molar-refractivity contribution in [2.75, 3.05) is 5.32 Å². The van der Waals surface area contributed by atoms with Crippen molar-refractivity contribution in [2.45, 2.75) is 32.9 Å². The second-order valence-electron chi connectivity index (χ2n) is 6.36. The van der Waals surface area contributed by atoms with Gasteiger partial charge in [0.1, 0.15) is 5.39 Å². The van der Waals surface area contributed by atoms with Crippen LogP contribution in [0.2, 0.25) is 0 Å². The minimum absolute atomic E-state index is 0.191. The molecule has 0 amide bonds. The van der Waals surface area contributed by atoms with Gasteiger partial charge in [0, 0.05) is 11.0 Å². The average Bonchev–Trinajstić information content (AvgIpc) is 2.91. The fourth-order valence-electron chi connectivity index (χ4n) is 2.28. The molecule has 0 spiro atoms. The zero-order valence-electron chi connectivity index (χ0n) is 13.2. The fraction of sp³-hybridized carbons (Fsp3) is 0.312. The van der Waals surface area contributed by atoms with Gasteiger partial charge in [0.05, 0.1) is 11.7 Å². The highest BCUT2D eigenvalue weighted by molar-refractivity contribution is 9.10. The quantitative estimate of drug-likeness (QED) is 0.736. The van der Waals surface area contributed by atoms with Crippen molar-refractivity contribution in [3.63, 3.8) is 0 Å². The molecule has 0 atom stereocenters. The first-order valence-electron chi connectivity index (χ1n) is 7.31. The van der Waals surface area contributed by atoms with Crippen LogP contribution in [-0.2, 0) is 12.1 Å². The highest BCUT2D eigenvalue weighted by Gasteiger charge is 2.19. The maximum absolute atomic E-state index is 12.2. The van der Waals surface area contributed by atoms with E-state index in [1.54, 1.807) is 10.9 Å². The van der Waals surface area contributed by atoms with E-state index in [1.807, 2.05) is 45.0 Å². The van der Waals surface area contributed by atoms with E-state index >= 15 is 0 Å². The summed E-state index contributed by atoms with van der Waals surface area (Å²) in [5, 5.41) is 7.95. The average molecular weight is 376 g/mol. The normalized spacial score (nSPS) is 11.8. The number of hydrogen-bond acceptors (Lipinski definition) is 4. The van der Waals surface area contributed by atoms with E-state index < -0.39 is 0 Å². The highest BCUT2D eigenvalue weighted by Crippen LogP contribution is 2.19. The van der Waals surface area contributed by atoms with Crippen LogP contribution in [0.4, 0.5) is 5.95 Å². The molecule has 2 N–H and O–H groups in total. The Balaban J connectivity index is 1.92. The summed E-state index contributed by atoms with van der Waals surface area (Å²) in [5.74, 6) is 0.441. The molecule has 120 valence electrons. The van der Waals surface area contributed by atoms with E-state index in [2.05, 4.69) is 36.3 Å². The van der Waals surface area contributed by atoms with Gasteiger partial charge in [0.15, 0.2) is 5.65 Å². The SMILES string of the molecule is CC(C)(C)n1ncc2c(=O)[nH]c(NCc3ccc(Br)cc3)nc21. The fourth-order valence-corrected chi connectivity index (χ4v) is 2.55. The van der Waals surface area contributed by atoms with E-state index in [4.69, 9.17) is 0 Å². The number of H-pyrrole nitrogens is 1. The Hall–Kier alpha value is -2.15. The Labute approximate surface area is 142 Å². The second kappa shape index (κ2) is 5.81. The molecule has 0 fully saturated rings. The Morgan fingerprint density at radius 3 is 2.61 bits per heavy atom. The van der Waals surface area contributed by atoms with Crippen LogP contribution in [0, 0.1) is 0 Å². The lowest BCUT2D eigenvalue weighted by atomic mass is 10.1. The van der Waals surface area contributed by atoms with Gasteiger partial charge in [-0.25, -0.2) is 4.68 Å². The summed E-state index contributed by atoms with van der Waals surface area (Å²) in [6.45, 7) is 6.65. The van der Waals surface area contributed by atoms with Gasteiger partial charge in [0.25, 0.3) is 5.56 Å². The largest absolute Gasteiger partial charge is 0.352 e. The first kappa shape index (κ1) is 15.7. The van der Waals surface area contributed by atoms with Crippen molar-refractivity contribution in [3.8, 4) is 0 Å². The molecule has 0 saturated carbocycles. The van der Waals surface area contributed by atoms with Crippen molar-refractivity contribution < 1.29 is 0 Å². The Kier molecular flexibility index (Phi) is 3.97. The Bertz CT molecular complexity index is 889. The molecule has 0 bridgehead atoms. The van der Waals surface area contributed by atoms with Gasteiger partial charge in [0.2, 0.25) is 5.95 Å². The van der Waals surface area contributed by atoms with Crippen LogP contribution in [0.1, 0.15) is 26.3 Å². The molecular formula is C16H18BrN5O. The van der Waals surface area contributed by atoms with E-state index in [0.717, 1.165) is 10.0 Å². The molecule has 3 aromatic rings. The summed E-state index contributed by atoms with van der Waals surface area (Å²) < 4.78 is 2.80. The number of anilines is 1. The highest BCUT2D eigenvalue weighted by atomic mass is 79.9. The zero-order chi connectivity index (χ0) is 16.6. The smallest absolute Gasteiger partial charge is 0.263 e. The van der Waals surface area contributed by atoms with Crippen molar-refractivity contribution in [1.29, 1.82) is 0 Å². The monoisotopic (exact) mass is 375 g/mol.